The molecular weight excluding hydrogens is 609 g/mol. The third-order valence-electron chi connectivity index (χ3n) is 8.64. The standard InChI is InChI=1S/C34H38N4O3S.C4H10O/c1-22-5-7-25(8-6-22)32-24(3)33-30-17-26(28-19-35-37(20-28)12-11-36-13-15-41-16-14-36)9-10-27(30)21-38(42-4)34(33)23(2)29(32)18-31(39)40;1-4(2,3)5/h5-10,17,19-20H,11-16,18,21H2,1-4H3,(H,39,40);5H,1-3H3. The van der Waals surface area contributed by atoms with Crippen LogP contribution in [0.3, 0.4) is 0 Å². The van der Waals surface area contributed by atoms with Crippen molar-refractivity contribution in [3.8, 4) is 33.4 Å². The number of aliphatic hydroxyl groups is 1. The van der Waals surface area contributed by atoms with Crippen molar-refractivity contribution >= 4 is 23.6 Å². The second-order valence-corrected chi connectivity index (χ2v) is 14.3. The minimum atomic E-state index is -0.814. The first-order valence-electron chi connectivity index (χ1n) is 16.3. The summed E-state index contributed by atoms with van der Waals surface area (Å²) in [5.41, 5.74) is 12.8. The second-order valence-electron chi connectivity index (χ2n) is 13.5. The van der Waals surface area contributed by atoms with Gasteiger partial charge in [0.2, 0.25) is 0 Å². The number of nitrogens with zero attached hydrogens (tertiary/aromatic N) is 4. The van der Waals surface area contributed by atoms with E-state index < -0.39 is 11.6 Å². The molecule has 6 rings (SSSR count). The number of aliphatic carboxylic acids is 1. The van der Waals surface area contributed by atoms with Crippen LogP contribution in [0.1, 0.15) is 48.6 Å². The van der Waals surface area contributed by atoms with E-state index in [0.29, 0.717) is 0 Å². The zero-order valence-corrected chi connectivity index (χ0v) is 29.6. The van der Waals surface area contributed by atoms with Gasteiger partial charge in [0, 0.05) is 43.2 Å². The van der Waals surface area contributed by atoms with Gasteiger partial charge in [0.25, 0.3) is 0 Å². The summed E-state index contributed by atoms with van der Waals surface area (Å²) in [6.07, 6.45) is 6.19. The number of carbonyl (C=O) groups is 1. The summed E-state index contributed by atoms with van der Waals surface area (Å²) in [4.78, 5) is 14.5. The van der Waals surface area contributed by atoms with Gasteiger partial charge in [0.05, 0.1) is 50.2 Å². The monoisotopic (exact) mass is 656 g/mol. The van der Waals surface area contributed by atoms with Crippen molar-refractivity contribution in [1.82, 2.24) is 14.7 Å². The lowest BCUT2D eigenvalue weighted by Gasteiger charge is -2.36. The van der Waals surface area contributed by atoms with E-state index >= 15 is 0 Å². The van der Waals surface area contributed by atoms with Crippen LogP contribution < -0.4 is 4.31 Å². The van der Waals surface area contributed by atoms with Crippen LogP contribution in [0.5, 0.6) is 0 Å². The Bertz CT molecular complexity index is 1710. The van der Waals surface area contributed by atoms with Gasteiger partial charge in [-0.05, 0) is 92.1 Å². The molecule has 1 saturated heterocycles. The van der Waals surface area contributed by atoms with E-state index in [-0.39, 0.29) is 6.42 Å². The van der Waals surface area contributed by atoms with Gasteiger partial charge >= 0.3 is 5.97 Å². The molecule has 47 heavy (non-hydrogen) atoms. The van der Waals surface area contributed by atoms with E-state index in [9.17, 15) is 9.90 Å². The number of carboxylic acids is 1. The average Bonchev–Trinajstić information content (AvgIpc) is 3.51. The lowest BCUT2D eigenvalue weighted by Crippen LogP contribution is -2.38. The van der Waals surface area contributed by atoms with Crippen LogP contribution in [0.15, 0.2) is 54.9 Å². The molecule has 1 fully saturated rings. The highest BCUT2D eigenvalue weighted by Crippen LogP contribution is 2.50. The Morgan fingerprint density at radius 1 is 0.936 bits per heavy atom. The van der Waals surface area contributed by atoms with Gasteiger partial charge in [-0.15, -0.1) is 0 Å². The number of benzene rings is 3. The van der Waals surface area contributed by atoms with Crippen LogP contribution in [-0.2, 0) is 29.0 Å². The predicted molar refractivity (Wildman–Crippen MR) is 193 cm³/mol. The molecule has 2 aliphatic rings. The lowest BCUT2D eigenvalue weighted by molar-refractivity contribution is -0.136. The first-order valence-corrected chi connectivity index (χ1v) is 17.5. The van der Waals surface area contributed by atoms with Gasteiger partial charge < -0.3 is 19.3 Å². The molecule has 9 heteroatoms. The summed E-state index contributed by atoms with van der Waals surface area (Å²) in [5.74, 6) is -0.814. The van der Waals surface area contributed by atoms with E-state index in [4.69, 9.17) is 9.84 Å². The van der Waals surface area contributed by atoms with Gasteiger partial charge in [-0.3, -0.25) is 14.4 Å². The molecule has 0 saturated carbocycles. The maximum atomic E-state index is 12.1. The molecule has 2 aliphatic heterocycles. The molecule has 250 valence electrons. The molecule has 0 radical (unpaired) electrons. The Morgan fingerprint density at radius 3 is 2.23 bits per heavy atom. The molecule has 1 aromatic heterocycles. The van der Waals surface area contributed by atoms with E-state index in [1.54, 1.807) is 32.7 Å². The first kappa shape index (κ1) is 34.7. The summed E-state index contributed by atoms with van der Waals surface area (Å²) in [6, 6.07) is 15.2. The van der Waals surface area contributed by atoms with E-state index in [2.05, 4.69) is 90.0 Å². The topological polar surface area (TPSA) is 91.1 Å². The molecular formula is C38H48N4O4S. The highest BCUT2D eigenvalue weighted by Gasteiger charge is 2.30. The molecule has 0 bridgehead atoms. The molecule has 2 N–H and O–H groups in total. The van der Waals surface area contributed by atoms with Crippen LogP contribution in [-0.4, -0.2) is 75.6 Å². The molecule has 3 heterocycles. The average molecular weight is 657 g/mol. The third-order valence-corrected chi connectivity index (χ3v) is 9.40. The van der Waals surface area contributed by atoms with E-state index in [0.717, 1.165) is 90.6 Å². The van der Waals surface area contributed by atoms with Crippen LogP contribution >= 0.6 is 11.9 Å². The number of fused-ring (bicyclic) bond motifs is 3. The Labute approximate surface area is 283 Å². The normalized spacial score (nSPS) is 14.7. The third kappa shape index (κ3) is 8.27. The predicted octanol–water partition coefficient (Wildman–Crippen LogP) is 7.14. The van der Waals surface area contributed by atoms with Crippen molar-refractivity contribution in [3.63, 3.8) is 0 Å². The van der Waals surface area contributed by atoms with Crippen molar-refractivity contribution in [1.29, 1.82) is 0 Å². The summed E-state index contributed by atoms with van der Waals surface area (Å²) in [6.45, 7) is 17.7. The van der Waals surface area contributed by atoms with Gasteiger partial charge in [-0.2, -0.15) is 5.10 Å². The molecule has 0 amide bonds. The summed E-state index contributed by atoms with van der Waals surface area (Å²) in [5, 5.41) is 23.1. The number of hydrogen-bond acceptors (Lipinski definition) is 7. The van der Waals surface area contributed by atoms with Crippen molar-refractivity contribution in [2.75, 3.05) is 43.4 Å². The van der Waals surface area contributed by atoms with Crippen molar-refractivity contribution in [2.45, 2.75) is 66.7 Å². The van der Waals surface area contributed by atoms with Crippen molar-refractivity contribution in [3.05, 3.63) is 82.7 Å². The SMILES string of the molecule is CC(C)(C)O.CSN1Cc2ccc(-c3cnn(CCN4CCOCC4)c3)cc2-c2c(C)c(-c3ccc(C)cc3)c(CC(=O)O)c(C)c21. The molecule has 0 unspecified atom stereocenters. The second kappa shape index (κ2) is 14.6. The van der Waals surface area contributed by atoms with Gasteiger partial charge in [0.1, 0.15) is 0 Å². The zero-order valence-electron chi connectivity index (χ0n) is 28.8. The lowest BCUT2D eigenvalue weighted by atomic mass is 9.80. The maximum Gasteiger partial charge on any atom is 0.307 e. The fourth-order valence-electron chi connectivity index (χ4n) is 6.39. The number of aromatic nitrogens is 2. The molecule has 4 aromatic rings. The minimum absolute atomic E-state index is 0.0120. The van der Waals surface area contributed by atoms with Crippen LogP contribution in [0.25, 0.3) is 33.4 Å². The number of morpholine rings is 1. The fourth-order valence-corrected chi connectivity index (χ4v) is 7.07. The number of carboxylic acid groups (broad SMARTS) is 1. The number of rotatable bonds is 8. The van der Waals surface area contributed by atoms with Crippen molar-refractivity contribution in [2.24, 2.45) is 0 Å². The first-order chi connectivity index (χ1) is 22.3. The summed E-state index contributed by atoms with van der Waals surface area (Å²) >= 11 is 1.69. The number of hydrogen-bond donors (Lipinski definition) is 2. The van der Waals surface area contributed by atoms with Crippen LogP contribution in [0, 0.1) is 20.8 Å². The largest absolute Gasteiger partial charge is 0.481 e. The highest BCUT2D eigenvalue weighted by molar-refractivity contribution is 7.99. The Balaban J connectivity index is 0.000000807. The van der Waals surface area contributed by atoms with E-state index in [1.807, 2.05) is 10.9 Å². The number of aryl methyl sites for hydroxylation is 1. The fraction of sp³-hybridized carbons (Fsp3) is 0.421. The zero-order chi connectivity index (χ0) is 33.9. The molecule has 0 spiro atoms. The van der Waals surface area contributed by atoms with Crippen LogP contribution in [0.4, 0.5) is 5.69 Å². The molecule has 0 aliphatic carbocycles. The van der Waals surface area contributed by atoms with Gasteiger partial charge in [-0.1, -0.05) is 53.9 Å². The van der Waals surface area contributed by atoms with Crippen molar-refractivity contribution < 1.29 is 19.7 Å². The maximum absolute atomic E-state index is 12.1. The Morgan fingerprint density at radius 2 is 1.60 bits per heavy atom. The highest BCUT2D eigenvalue weighted by atomic mass is 32.2. The van der Waals surface area contributed by atoms with Crippen LogP contribution in [0.2, 0.25) is 0 Å². The number of ether oxygens (including phenoxy) is 1. The summed E-state index contributed by atoms with van der Waals surface area (Å²) in [7, 11) is 0. The molecule has 0 atom stereocenters. The molecule has 3 aromatic carbocycles. The minimum Gasteiger partial charge on any atom is -0.481 e. The van der Waals surface area contributed by atoms with E-state index in [1.165, 1.54) is 22.3 Å². The smallest absolute Gasteiger partial charge is 0.307 e. The van der Waals surface area contributed by atoms with Gasteiger partial charge in [0.15, 0.2) is 0 Å². The summed E-state index contributed by atoms with van der Waals surface area (Å²) < 4.78 is 9.83. The quantitative estimate of drug-likeness (QED) is 0.194. The number of anilines is 1. The molecule has 8 nitrogen and oxygen atoms in total. The Kier molecular flexibility index (Phi) is 10.8. The van der Waals surface area contributed by atoms with Gasteiger partial charge in [-0.25, -0.2) is 0 Å². The Hall–Kier alpha value is -3.63.